The molecule has 0 aromatic heterocycles. The summed E-state index contributed by atoms with van der Waals surface area (Å²) in [6.45, 7) is 2.05. The molecule has 28 heavy (non-hydrogen) atoms. The van der Waals surface area contributed by atoms with Crippen LogP contribution in [0.15, 0.2) is 48.5 Å². The van der Waals surface area contributed by atoms with E-state index in [1.54, 1.807) is 36.4 Å². The van der Waals surface area contributed by atoms with Gasteiger partial charge in [0, 0.05) is 23.6 Å². The number of aryl methyl sites for hydroxylation is 1. The van der Waals surface area contributed by atoms with Gasteiger partial charge in [-0.05, 0) is 29.7 Å². The first kappa shape index (κ1) is 21.6. The maximum absolute atomic E-state index is 12.1. The summed E-state index contributed by atoms with van der Waals surface area (Å²) in [6, 6.07) is 14.5. The maximum Gasteiger partial charge on any atom is 0.306 e. The summed E-state index contributed by atoms with van der Waals surface area (Å²) in [5.74, 6) is -1.09. The third-order valence-corrected chi connectivity index (χ3v) is 4.39. The Balaban J connectivity index is 1.66. The Hall–Kier alpha value is -2.66. The first-order valence-corrected chi connectivity index (χ1v) is 9.64. The minimum absolute atomic E-state index is 0.0539. The smallest absolute Gasteiger partial charge is 0.306 e. The van der Waals surface area contributed by atoms with E-state index in [1.165, 1.54) is 5.56 Å². The van der Waals surface area contributed by atoms with Crippen LogP contribution in [0.5, 0.6) is 0 Å². The standard InChI is InChI=1S/C22H24ClNO4/c1-2-3-16-4-8-18(9-5-16)20(25)12-13-22(27)28-15-21(26)24-14-17-6-10-19(23)11-7-17/h4-11H,2-3,12-15H2,1H3,(H,24,26). The normalized spacial score (nSPS) is 10.4. The zero-order chi connectivity index (χ0) is 20.4. The Bertz CT molecular complexity index is 800. The zero-order valence-electron chi connectivity index (χ0n) is 15.9. The molecule has 0 saturated heterocycles. The van der Waals surface area contributed by atoms with Gasteiger partial charge in [-0.2, -0.15) is 0 Å². The molecule has 0 bridgehead atoms. The van der Waals surface area contributed by atoms with Crippen LogP contribution in [0, 0.1) is 0 Å². The number of nitrogens with one attached hydrogen (secondary N) is 1. The minimum atomic E-state index is -0.572. The van der Waals surface area contributed by atoms with Crippen molar-refractivity contribution in [3.63, 3.8) is 0 Å². The van der Waals surface area contributed by atoms with Crippen LogP contribution in [-0.4, -0.2) is 24.3 Å². The van der Waals surface area contributed by atoms with E-state index in [1.807, 2.05) is 12.1 Å². The number of carbonyl (C=O) groups is 3. The molecule has 0 fully saturated rings. The third-order valence-electron chi connectivity index (χ3n) is 4.14. The summed E-state index contributed by atoms with van der Waals surface area (Å²) in [5, 5.41) is 3.27. The Labute approximate surface area is 170 Å². The zero-order valence-corrected chi connectivity index (χ0v) is 16.6. The van der Waals surface area contributed by atoms with Crippen molar-refractivity contribution in [2.24, 2.45) is 0 Å². The van der Waals surface area contributed by atoms with Crippen molar-refractivity contribution in [2.75, 3.05) is 6.61 Å². The molecule has 0 aliphatic heterocycles. The van der Waals surface area contributed by atoms with Gasteiger partial charge in [0.2, 0.25) is 0 Å². The number of ether oxygens (including phenoxy) is 1. The molecular weight excluding hydrogens is 378 g/mol. The Morgan fingerprint density at radius 1 is 0.929 bits per heavy atom. The largest absolute Gasteiger partial charge is 0.456 e. The molecule has 0 heterocycles. The van der Waals surface area contributed by atoms with Crippen molar-refractivity contribution < 1.29 is 19.1 Å². The van der Waals surface area contributed by atoms with Crippen LogP contribution >= 0.6 is 11.6 Å². The predicted molar refractivity (Wildman–Crippen MR) is 108 cm³/mol. The quantitative estimate of drug-likeness (QED) is 0.480. The number of hydrogen-bond donors (Lipinski definition) is 1. The number of amides is 1. The number of halogens is 1. The molecule has 5 nitrogen and oxygen atoms in total. The monoisotopic (exact) mass is 401 g/mol. The molecule has 0 saturated carbocycles. The lowest BCUT2D eigenvalue weighted by molar-refractivity contribution is -0.148. The van der Waals surface area contributed by atoms with E-state index in [0.717, 1.165) is 18.4 Å². The van der Waals surface area contributed by atoms with Crippen molar-refractivity contribution in [1.82, 2.24) is 5.32 Å². The average molecular weight is 402 g/mol. The molecule has 1 N–H and O–H groups in total. The van der Waals surface area contributed by atoms with E-state index >= 15 is 0 Å². The number of rotatable bonds is 10. The highest BCUT2D eigenvalue weighted by atomic mass is 35.5. The van der Waals surface area contributed by atoms with Crippen LogP contribution in [0.1, 0.15) is 47.7 Å². The molecule has 0 atom stereocenters. The average Bonchev–Trinajstić information content (AvgIpc) is 2.71. The summed E-state index contributed by atoms with van der Waals surface area (Å²) >= 11 is 5.80. The van der Waals surface area contributed by atoms with Crippen LogP contribution < -0.4 is 5.32 Å². The maximum atomic E-state index is 12.1. The van der Waals surface area contributed by atoms with E-state index in [0.29, 0.717) is 17.1 Å². The van der Waals surface area contributed by atoms with E-state index < -0.39 is 11.9 Å². The molecular formula is C22H24ClNO4. The van der Waals surface area contributed by atoms with Gasteiger partial charge in [0.15, 0.2) is 12.4 Å². The fraction of sp³-hybridized carbons (Fsp3) is 0.318. The fourth-order valence-corrected chi connectivity index (χ4v) is 2.70. The van der Waals surface area contributed by atoms with E-state index in [4.69, 9.17) is 16.3 Å². The lowest BCUT2D eigenvalue weighted by Crippen LogP contribution is -2.28. The molecule has 0 unspecified atom stereocenters. The third kappa shape index (κ3) is 7.53. The van der Waals surface area contributed by atoms with Crippen LogP contribution in [0.3, 0.4) is 0 Å². The van der Waals surface area contributed by atoms with Gasteiger partial charge in [-0.15, -0.1) is 0 Å². The lowest BCUT2D eigenvalue weighted by Gasteiger charge is -2.07. The second kappa shape index (κ2) is 11.2. The second-order valence-corrected chi connectivity index (χ2v) is 6.87. The first-order chi connectivity index (χ1) is 13.5. The Morgan fingerprint density at radius 2 is 1.57 bits per heavy atom. The summed E-state index contributed by atoms with van der Waals surface area (Å²) in [4.78, 5) is 35.7. The molecule has 0 radical (unpaired) electrons. The molecule has 2 aromatic rings. The second-order valence-electron chi connectivity index (χ2n) is 6.43. The molecule has 148 valence electrons. The lowest BCUT2D eigenvalue weighted by atomic mass is 10.0. The molecule has 2 rings (SSSR count). The summed E-state index contributed by atoms with van der Waals surface area (Å²) in [5.41, 5.74) is 2.65. The predicted octanol–water partition coefficient (Wildman–Crippen LogP) is 4.12. The molecule has 0 aliphatic rings. The highest BCUT2D eigenvalue weighted by Gasteiger charge is 2.12. The van der Waals surface area contributed by atoms with Crippen molar-refractivity contribution >= 4 is 29.3 Å². The van der Waals surface area contributed by atoms with Gasteiger partial charge in [-0.3, -0.25) is 14.4 Å². The summed E-state index contributed by atoms with van der Waals surface area (Å²) in [7, 11) is 0. The topological polar surface area (TPSA) is 72.5 Å². The Kier molecular flexibility index (Phi) is 8.69. The van der Waals surface area contributed by atoms with E-state index in [2.05, 4.69) is 12.2 Å². The summed E-state index contributed by atoms with van der Waals surface area (Å²) < 4.78 is 4.92. The van der Waals surface area contributed by atoms with Crippen LogP contribution in [0.25, 0.3) is 0 Å². The minimum Gasteiger partial charge on any atom is -0.456 e. The molecule has 0 aliphatic carbocycles. The van der Waals surface area contributed by atoms with Crippen LogP contribution in [-0.2, 0) is 27.3 Å². The van der Waals surface area contributed by atoms with Crippen molar-refractivity contribution in [3.8, 4) is 0 Å². The molecule has 6 heteroatoms. The highest BCUT2D eigenvalue weighted by molar-refractivity contribution is 6.30. The van der Waals surface area contributed by atoms with Gasteiger partial charge < -0.3 is 10.1 Å². The van der Waals surface area contributed by atoms with Crippen LogP contribution in [0.2, 0.25) is 5.02 Å². The SMILES string of the molecule is CCCc1ccc(C(=O)CCC(=O)OCC(=O)NCc2ccc(Cl)cc2)cc1. The van der Waals surface area contributed by atoms with Crippen molar-refractivity contribution in [2.45, 2.75) is 39.2 Å². The number of hydrogen-bond acceptors (Lipinski definition) is 4. The van der Waals surface area contributed by atoms with E-state index in [-0.39, 0.29) is 25.2 Å². The van der Waals surface area contributed by atoms with E-state index in [9.17, 15) is 14.4 Å². The van der Waals surface area contributed by atoms with Crippen molar-refractivity contribution in [1.29, 1.82) is 0 Å². The summed E-state index contributed by atoms with van der Waals surface area (Å²) in [6.07, 6.45) is 2.02. The Morgan fingerprint density at radius 3 is 2.21 bits per heavy atom. The number of carbonyl (C=O) groups excluding carboxylic acids is 3. The van der Waals surface area contributed by atoms with Gasteiger partial charge in [-0.25, -0.2) is 0 Å². The van der Waals surface area contributed by atoms with Gasteiger partial charge >= 0.3 is 5.97 Å². The molecule has 1 amide bonds. The number of ketones is 1. The van der Waals surface area contributed by atoms with Gasteiger partial charge in [0.25, 0.3) is 5.91 Å². The number of Topliss-reactive ketones (excluding diaryl/α,β-unsaturated/α-hetero) is 1. The van der Waals surface area contributed by atoms with Crippen LogP contribution in [0.4, 0.5) is 0 Å². The number of benzene rings is 2. The number of esters is 1. The highest BCUT2D eigenvalue weighted by Crippen LogP contribution is 2.11. The van der Waals surface area contributed by atoms with Gasteiger partial charge in [-0.1, -0.05) is 61.3 Å². The molecule has 2 aromatic carbocycles. The van der Waals surface area contributed by atoms with Gasteiger partial charge in [0.1, 0.15) is 0 Å². The molecule has 0 spiro atoms. The van der Waals surface area contributed by atoms with Gasteiger partial charge in [0.05, 0.1) is 6.42 Å². The fourth-order valence-electron chi connectivity index (χ4n) is 2.58. The first-order valence-electron chi connectivity index (χ1n) is 9.27. The van der Waals surface area contributed by atoms with Crippen molar-refractivity contribution in [3.05, 3.63) is 70.2 Å².